The van der Waals surface area contributed by atoms with Crippen molar-refractivity contribution in [3.05, 3.63) is 41.8 Å². The van der Waals surface area contributed by atoms with Crippen LogP contribution in [-0.4, -0.2) is 29.0 Å². The summed E-state index contributed by atoms with van der Waals surface area (Å²) >= 11 is 0. The van der Waals surface area contributed by atoms with Crippen LogP contribution < -0.4 is 21.7 Å². The maximum absolute atomic E-state index is 12.9. The van der Waals surface area contributed by atoms with Crippen LogP contribution in [0.25, 0.3) is 0 Å². The van der Waals surface area contributed by atoms with Crippen molar-refractivity contribution in [3.63, 3.8) is 0 Å². The van der Waals surface area contributed by atoms with Crippen molar-refractivity contribution in [2.75, 3.05) is 29.5 Å². The first-order valence-corrected chi connectivity index (χ1v) is 7.14. The fraction of sp³-hybridized carbons (Fsp3) is 0.267. The highest BCUT2D eigenvalue weighted by atomic mass is 19.1. The van der Waals surface area contributed by atoms with Gasteiger partial charge >= 0.3 is 0 Å². The topological polar surface area (TPSA) is 105 Å². The number of hydrogen-bond acceptors (Lipinski definition) is 6. The molecule has 2 rings (SSSR count). The number of nitrogens with zero attached hydrogens (tertiary/aromatic N) is 2. The van der Waals surface area contributed by atoms with Crippen LogP contribution in [0.5, 0.6) is 0 Å². The smallest absolute Gasteiger partial charge is 0.225 e. The van der Waals surface area contributed by atoms with E-state index in [1.165, 1.54) is 25.3 Å². The van der Waals surface area contributed by atoms with E-state index in [9.17, 15) is 9.18 Å². The van der Waals surface area contributed by atoms with Crippen LogP contribution in [0.3, 0.4) is 0 Å². The Labute approximate surface area is 133 Å². The molecular weight excluding hydrogens is 299 g/mol. The van der Waals surface area contributed by atoms with Gasteiger partial charge in [-0.2, -0.15) is 4.98 Å². The Bertz CT molecular complexity index is 662. The van der Waals surface area contributed by atoms with E-state index in [-0.39, 0.29) is 11.7 Å². The van der Waals surface area contributed by atoms with E-state index < -0.39 is 0 Å². The van der Waals surface area contributed by atoms with Crippen LogP contribution >= 0.6 is 0 Å². The second-order valence-electron chi connectivity index (χ2n) is 4.89. The second-order valence-corrected chi connectivity index (χ2v) is 4.89. The third kappa shape index (κ3) is 5.42. The number of nitrogens with two attached hydrogens (primary N) is 1. The highest BCUT2D eigenvalue weighted by Gasteiger charge is 2.04. The molecule has 1 aromatic heterocycles. The molecule has 0 fully saturated rings. The second kappa shape index (κ2) is 7.92. The molecule has 1 heterocycles. The summed E-state index contributed by atoms with van der Waals surface area (Å²) in [4.78, 5) is 19.2. The summed E-state index contributed by atoms with van der Waals surface area (Å²) in [5.74, 6) is 0.532. The average Bonchev–Trinajstić information content (AvgIpc) is 2.53. The Balaban J connectivity index is 1.91. The van der Waals surface area contributed by atoms with E-state index in [1.807, 2.05) is 0 Å². The van der Waals surface area contributed by atoms with Crippen LogP contribution in [0, 0.1) is 5.82 Å². The van der Waals surface area contributed by atoms with Gasteiger partial charge < -0.3 is 21.7 Å². The molecular formula is C15H19FN6O. The van der Waals surface area contributed by atoms with E-state index in [0.29, 0.717) is 37.1 Å². The largest absolute Gasteiger partial charge is 0.394 e. The standard InChI is InChI=1S/C15H19FN6O/c1-10(23)18-6-7-19-14-13(17)9-21-15(22-14)20-8-11-2-4-12(16)5-3-11/h2-5,9H,6-8,17H2,1H3,(H,18,23)(H2,19,20,21,22). The number of nitrogens with one attached hydrogen (secondary N) is 3. The predicted octanol–water partition coefficient (Wildman–Crippen LogP) is 1.36. The highest BCUT2D eigenvalue weighted by Crippen LogP contribution is 2.16. The predicted molar refractivity (Wildman–Crippen MR) is 87.3 cm³/mol. The molecule has 7 nitrogen and oxygen atoms in total. The molecule has 1 aromatic carbocycles. The van der Waals surface area contributed by atoms with E-state index in [4.69, 9.17) is 5.73 Å². The van der Waals surface area contributed by atoms with E-state index in [0.717, 1.165) is 5.56 Å². The fourth-order valence-electron chi connectivity index (χ4n) is 1.82. The number of halogens is 1. The molecule has 0 aliphatic heterocycles. The van der Waals surface area contributed by atoms with Gasteiger partial charge in [0.1, 0.15) is 5.82 Å². The maximum atomic E-state index is 12.9. The lowest BCUT2D eigenvalue weighted by molar-refractivity contribution is -0.118. The van der Waals surface area contributed by atoms with Gasteiger partial charge in [-0.05, 0) is 17.7 Å². The summed E-state index contributed by atoms with van der Waals surface area (Å²) in [6.07, 6.45) is 1.50. The molecule has 0 radical (unpaired) electrons. The summed E-state index contributed by atoms with van der Waals surface area (Å²) in [7, 11) is 0. The van der Waals surface area contributed by atoms with Gasteiger partial charge in [-0.1, -0.05) is 12.1 Å². The lowest BCUT2D eigenvalue weighted by atomic mass is 10.2. The normalized spacial score (nSPS) is 10.2. The lowest BCUT2D eigenvalue weighted by Crippen LogP contribution is -2.26. The zero-order valence-corrected chi connectivity index (χ0v) is 12.8. The van der Waals surface area contributed by atoms with Gasteiger partial charge in [0, 0.05) is 26.6 Å². The molecule has 1 amide bonds. The Kier molecular flexibility index (Phi) is 5.67. The number of anilines is 3. The van der Waals surface area contributed by atoms with Gasteiger partial charge in [0.25, 0.3) is 0 Å². The SMILES string of the molecule is CC(=O)NCCNc1nc(NCc2ccc(F)cc2)ncc1N. The molecule has 0 atom stereocenters. The highest BCUT2D eigenvalue weighted by molar-refractivity contribution is 5.72. The molecule has 0 aliphatic carbocycles. The van der Waals surface area contributed by atoms with E-state index in [2.05, 4.69) is 25.9 Å². The third-order valence-electron chi connectivity index (χ3n) is 2.97. The summed E-state index contributed by atoms with van der Waals surface area (Å²) in [6, 6.07) is 6.17. The van der Waals surface area contributed by atoms with Gasteiger partial charge in [-0.25, -0.2) is 9.37 Å². The summed E-state index contributed by atoms with van der Waals surface area (Å²) in [6.45, 7) is 2.89. The zero-order chi connectivity index (χ0) is 16.7. The molecule has 0 unspecified atom stereocenters. The number of rotatable bonds is 7. The number of carbonyl (C=O) groups is 1. The molecule has 0 saturated carbocycles. The van der Waals surface area contributed by atoms with Crippen molar-refractivity contribution in [2.24, 2.45) is 0 Å². The summed E-state index contributed by atoms with van der Waals surface area (Å²) in [5, 5.41) is 8.75. The number of benzene rings is 1. The van der Waals surface area contributed by atoms with Crippen molar-refractivity contribution in [2.45, 2.75) is 13.5 Å². The lowest BCUT2D eigenvalue weighted by Gasteiger charge is -2.11. The van der Waals surface area contributed by atoms with Gasteiger partial charge in [0.15, 0.2) is 5.82 Å². The Hall–Kier alpha value is -2.90. The molecule has 23 heavy (non-hydrogen) atoms. The number of nitrogen functional groups attached to an aromatic ring is 1. The molecule has 0 aliphatic rings. The molecule has 0 spiro atoms. The Morgan fingerprint density at radius 3 is 2.65 bits per heavy atom. The number of hydrogen-bond donors (Lipinski definition) is 4. The van der Waals surface area contributed by atoms with Gasteiger partial charge in [-0.15, -0.1) is 0 Å². The molecule has 2 aromatic rings. The number of amides is 1. The monoisotopic (exact) mass is 318 g/mol. The van der Waals surface area contributed by atoms with Gasteiger partial charge in [0.2, 0.25) is 11.9 Å². The first kappa shape index (κ1) is 16.5. The fourth-order valence-corrected chi connectivity index (χ4v) is 1.82. The minimum atomic E-state index is -0.275. The molecule has 0 saturated heterocycles. The Morgan fingerprint density at radius 1 is 1.22 bits per heavy atom. The average molecular weight is 318 g/mol. The first-order chi connectivity index (χ1) is 11.0. The van der Waals surface area contributed by atoms with Crippen LogP contribution in [0.1, 0.15) is 12.5 Å². The number of carbonyl (C=O) groups excluding carboxylic acids is 1. The van der Waals surface area contributed by atoms with Crippen molar-refractivity contribution in [1.29, 1.82) is 0 Å². The quantitative estimate of drug-likeness (QED) is 0.575. The van der Waals surface area contributed by atoms with Crippen molar-refractivity contribution in [1.82, 2.24) is 15.3 Å². The Morgan fingerprint density at radius 2 is 1.96 bits per heavy atom. The minimum absolute atomic E-state index is 0.0934. The molecule has 0 bridgehead atoms. The summed E-state index contributed by atoms with van der Waals surface area (Å²) in [5.41, 5.74) is 7.14. The van der Waals surface area contributed by atoms with E-state index in [1.54, 1.807) is 12.1 Å². The van der Waals surface area contributed by atoms with Crippen LogP contribution in [-0.2, 0) is 11.3 Å². The van der Waals surface area contributed by atoms with Crippen LogP contribution in [0.15, 0.2) is 30.5 Å². The third-order valence-corrected chi connectivity index (χ3v) is 2.97. The summed E-state index contributed by atoms with van der Waals surface area (Å²) < 4.78 is 12.9. The van der Waals surface area contributed by atoms with Gasteiger partial charge in [0.05, 0.1) is 11.9 Å². The van der Waals surface area contributed by atoms with Crippen molar-refractivity contribution in [3.8, 4) is 0 Å². The molecule has 8 heteroatoms. The maximum Gasteiger partial charge on any atom is 0.225 e. The zero-order valence-electron chi connectivity index (χ0n) is 12.8. The molecule has 122 valence electrons. The van der Waals surface area contributed by atoms with E-state index >= 15 is 0 Å². The number of aromatic nitrogens is 2. The van der Waals surface area contributed by atoms with Crippen molar-refractivity contribution >= 4 is 23.4 Å². The first-order valence-electron chi connectivity index (χ1n) is 7.14. The van der Waals surface area contributed by atoms with Crippen molar-refractivity contribution < 1.29 is 9.18 Å². The van der Waals surface area contributed by atoms with Gasteiger partial charge in [-0.3, -0.25) is 4.79 Å². The van der Waals surface area contributed by atoms with Crippen LogP contribution in [0.2, 0.25) is 0 Å². The van der Waals surface area contributed by atoms with Crippen LogP contribution in [0.4, 0.5) is 21.8 Å². The minimum Gasteiger partial charge on any atom is -0.394 e. The molecule has 5 N–H and O–H groups in total.